The number of nitrogens with zero attached hydrogens (tertiary/aromatic N) is 1. The van der Waals surface area contributed by atoms with Crippen LogP contribution in [0.25, 0.3) is 10.8 Å². The van der Waals surface area contributed by atoms with Crippen LogP contribution >= 0.6 is 0 Å². The Morgan fingerprint density at radius 2 is 1.93 bits per heavy atom. The third-order valence-corrected chi connectivity index (χ3v) is 2.67. The van der Waals surface area contributed by atoms with Crippen molar-refractivity contribution < 1.29 is 0 Å². The summed E-state index contributed by atoms with van der Waals surface area (Å²) in [5, 5.41) is 11.3. The van der Waals surface area contributed by atoms with Crippen molar-refractivity contribution in [1.82, 2.24) is 0 Å². The molecule has 0 amide bonds. The third kappa shape index (κ3) is 1.71. The standard InChI is InChI=1S/C14H13N/c1-10(2)13-5-3-4-12-7-6-11(9-15)8-14(12)13/h3-8,10H,1-2H3. The summed E-state index contributed by atoms with van der Waals surface area (Å²) in [7, 11) is 0. The summed E-state index contributed by atoms with van der Waals surface area (Å²) in [5.41, 5.74) is 2.04. The molecule has 15 heavy (non-hydrogen) atoms. The first-order valence-corrected chi connectivity index (χ1v) is 5.15. The highest BCUT2D eigenvalue weighted by Gasteiger charge is 2.05. The number of rotatable bonds is 1. The number of hydrogen-bond acceptors (Lipinski definition) is 1. The topological polar surface area (TPSA) is 23.8 Å². The fourth-order valence-electron chi connectivity index (χ4n) is 1.87. The van der Waals surface area contributed by atoms with Crippen LogP contribution in [0, 0.1) is 11.3 Å². The van der Waals surface area contributed by atoms with E-state index in [0.717, 1.165) is 5.56 Å². The summed E-state index contributed by atoms with van der Waals surface area (Å²) >= 11 is 0. The monoisotopic (exact) mass is 195 g/mol. The largest absolute Gasteiger partial charge is 0.192 e. The van der Waals surface area contributed by atoms with Gasteiger partial charge < -0.3 is 0 Å². The molecule has 1 heteroatoms. The average Bonchev–Trinajstić information content (AvgIpc) is 2.27. The second kappa shape index (κ2) is 3.74. The summed E-state index contributed by atoms with van der Waals surface area (Å²) in [6.07, 6.45) is 0. The summed E-state index contributed by atoms with van der Waals surface area (Å²) in [6, 6.07) is 14.3. The van der Waals surface area contributed by atoms with Gasteiger partial charge in [-0.2, -0.15) is 5.26 Å². The van der Waals surface area contributed by atoms with Crippen LogP contribution in [-0.4, -0.2) is 0 Å². The molecule has 0 atom stereocenters. The van der Waals surface area contributed by atoms with E-state index in [9.17, 15) is 0 Å². The van der Waals surface area contributed by atoms with E-state index in [-0.39, 0.29) is 0 Å². The molecule has 0 aromatic heterocycles. The summed E-state index contributed by atoms with van der Waals surface area (Å²) in [4.78, 5) is 0. The van der Waals surface area contributed by atoms with Crippen LogP contribution in [0.5, 0.6) is 0 Å². The molecule has 0 aliphatic heterocycles. The molecule has 2 rings (SSSR count). The van der Waals surface area contributed by atoms with Crippen molar-refractivity contribution in [3.63, 3.8) is 0 Å². The third-order valence-electron chi connectivity index (χ3n) is 2.67. The molecule has 74 valence electrons. The molecule has 0 spiro atoms. The van der Waals surface area contributed by atoms with Crippen LogP contribution in [0.1, 0.15) is 30.9 Å². The molecule has 0 aliphatic rings. The van der Waals surface area contributed by atoms with Gasteiger partial charge >= 0.3 is 0 Å². The van der Waals surface area contributed by atoms with Gasteiger partial charge in [-0.1, -0.05) is 38.1 Å². The number of nitriles is 1. The van der Waals surface area contributed by atoms with Crippen LogP contribution in [0.15, 0.2) is 36.4 Å². The highest BCUT2D eigenvalue weighted by molar-refractivity contribution is 5.87. The molecule has 0 saturated heterocycles. The number of fused-ring (bicyclic) bond motifs is 1. The smallest absolute Gasteiger partial charge is 0.0991 e. The van der Waals surface area contributed by atoms with Crippen molar-refractivity contribution in [2.24, 2.45) is 0 Å². The molecule has 0 aliphatic carbocycles. The minimum Gasteiger partial charge on any atom is -0.192 e. The van der Waals surface area contributed by atoms with E-state index >= 15 is 0 Å². The van der Waals surface area contributed by atoms with Gasteiger partial charge in [-0.05, 0) is 34.4 Å². The maximum absolute atomic E-state index is 8.88. The lowest BCUT2D eigenvalue weighted by Crippen LogP contribution is -1.89. The zero-order valence-corrected chi connectivity index (χ0v) is 8.99. The lowest BCUT2D eigenvalue weighted by molar-refractivity contribution is 0.876. The van der Waals surface area contributed by atoms with E-state index in [1.807, 2.05) is 18.2 Å². The lowest BCUT2D eigenvalue weighted by atomic mass is 9.95. The van der Waals surface area contributed by atoms with Gasteiger partial charge in [0.25, 0.3) is 0 Å². The van der Waals surface area contributed by atoms with Crippen LogP contribution < -0.4 is 0 Å². The van der Waals surface area contributed by atoms with Gasteiger partial charge in [0.15, 0.2) is 0 Å². The maximum Gasteiger partial charge on any atom is 0.0991 e. The minimum absolute atomic E-state index is 0.489. The Labute approximate surface area is 90.0 Å². The first kappa shape index (κ1) is 9.73. The first-order valence-electron chi connectivity index (χ1n) is 5.15. The molecule has 0 unspecified atom stereocenters. The van der Waals surface area contributed by atoms with Gasteiger partial charge in [0.2, 0.25) is 0 Å². The van der Waals surface area contributed by atoms with Gasteiger partial charge in [0.1, 0.15) is 0 Å². The van der Waals surface area contributed by atoms with Crippen LogP contribution in [0.4, 0.5) is 0 Å². The van der Waals surface area contributed by atoms with Gasteiger partial charge in [0, 0.05) is 0 Å². The predicted molar refractivity (Wildman–Crippen MR) is 62.8 cm³/mol. The van der Waals surface area contributed by atoms with Crippen LogP contribution in [0.3, 0.4) is 0 Å². The SMILES string of the molecule is CC(C)c1cccc2ccc(C#N)cc12. The van der Waals surface area contributed by atoms with Crippen molar-refractivity contribution in [3.8, 4) is 6.07 Å². The second-order valence-electron chi connectivity index (χ2n) is 4.05. The van der Waals surface area contributed by atoms with Gasteiger partial charge in [0.05, 0.1) is 11.6 Å². The van der Waals surface area contributed by atoms with Gasteiger partial charge in [-0.15, -0.1) is 0 Å². The van der Waals surface area contributed by atoms with Crippen LogP contribution in [0.2, 0.25) is 0 Å². The average molecular weight is 195 g/mol. The first-order chi connectivity index (χ1) is 7.22. The molecule has 0 fully saturated rings. The zero-order valence-electron chi connectivity index (χ0n) is 8.99. The summed E-state index contributed by atoms with van der Waals surface area (Å²) in [6.45, 7) is 4.35. The Balaban J connectivity index is 2.77. The number of benzene rings is 2. The molecule has 0 bridgehead atoms. The Hall–Kier alpha value is -1.81. The van der Waals surface area contributed by atoms with E-state index in [1.54, 1.807) is 0 Å². The van der Waals surface area contributed by atoms with Crippen molar-refractivity contribution in [2.45, 2.75) is 19.8 Å². The predicted octanol–water partition coefficient (Wildman–Crippen LogP) is 3.83. The van der Waals surface area contributed by atoms with Gasteiger partial charge in [-0.3, -0.25) is 0 Å². The van der Waals surface area contributed by atoms with Crippen molar-refractivity contribution in [2.75, 3.05) is 0 Å². The van der Waals surface area contributed by atoms with E-state index in [4.69, 9.17) is 5.26 Å². The van der Waals surface area contributed by atoms with Crippen molar-refractivity contribution >= 4 is 10.8 Å². The Bertz CT molecular complexity index is 533. The number of hydrogen-bond donors (Lipinski definition) is 0. The normalized spacial score (nSPS) is 10.5. The Kier molecular flexibility index (Phi) is 2.43. The molecule has 2 aromatic carbocycles. The molecule has 2 aromatic rings. The van der Waals surface area contributed by atoms with Crippen LogP contribution in [-0.2, 0) is 0 Å². The summed E-state index contributed by atoms with van der Waals surface area (Å²) < 4.78 is 0. The highest BCUT2D eigenvalue weighted by Crippen LogP contribution is 2.25. The molecular formula is C14H13N. The zero-order chi connectivity index (χ0) is 10.8. The quantitative estimate of drug-likeness (QED) is 0.678. The Morgan fingerprint density at radius 3 is 2.60 bits per heavy atom. The van der Waals surface area contributed by atoms with E-state index < -0.39 is 0 Å². The van der Waals surface area contributed by atoms with E-state index in [1.165, 1.54) is 16.3 Å². The fourth-order valence-corrected chi connectivity index (χ4v) is 1.87. The van der Waals surface area contributed by atoms with E-state index in [0.29, 0.717) is 5.92 Å². The molecule has 0 N–H and O–H groups in total. The van der Waals surface area contributed by atoms with Crippen molar-refractivity contribution in [3.05, 3.63) is 47.5 Å². The van der Waals surface area contributed by atoms with E-state index in [2.05, 4.69) is 38.1 Å². The highest BCUT2D eigenvalue weighted by atomic mass is 14.2. The minimum atomic E-state index is 0.489. The molecule has 0 saturated carbocycles. The second-order valence-corrected chi connectivity index (χ2v) is 4.05. The Morgan fingerprint density at radius 1 is 1.13 bits per heavy atom. The summed E-state index contributed by atoms with van der Waals surface area (Å²) in [5.74, 6) is 0.489. The fraction of sp³-hybridized carbons (Fsp3) is 0.214. The molecule has 1 nitrogen and oxygen atoms in total. The molecule has 0 radical (unpaired) electrons. The molecule has 0 heterocycles. The lowest BCUT2D eigenvalue weighted by Gasteiger charge is -2.09. The molecular weight excluding hydrogens is 182 g/mol. The van der Waals surface area contributed by atoms with Crippen molar-refractivity contribution in [1.29, 1.82) is 5.26 Å². The van der Waals surface area contributed by atoms with Gasteiger partial charge in [-0.25, -0.2) is 0 Å². The maximum atomic E-state index is 8.88.